The van der Waals surface area contributed by atoms with Gasteiger partial charge in [0, 0.05) is 12.0 Å². The minimum atomic E-state index is -0.973. The van der Waals surface area contributed by atoms with Gasteiger partial charge in [-0.3, -0.25) is 14.5 Å². The van der Waals surface area contributed by atoms with Crippen molar-refractivity contribution in [3.63, 3.8) is 0 Å². The number of benzene rings is 3. The van der Waals surface area contributed by atoms with Crippen molar-refractivity contribution in [2.24, 2.45) is 5.92 Å². The maximum atomic E-state index is 13.9. The van der Waals surface area contributed by atoms with E-state index in [2.05, 4.69) is 13.8 Å². The molecule has 1 amide bonds. The molecule has 6 rings (SSSR count). The first kappa shape index (κ1) is 31.4. The Hall–Kier alpha value is -4.57. The average molecular weight is 643 g/mol. The van der Waals surface area contributed by atoms with Crippen LogP contribution in [0.15, 0.2) is 60.2 Å². The van der Waals surface area contributed by atoms with Gasteiger partial charge in [0.05, 0.1) is 41.7 Å². The molecule has 1 N–H and O–H groups in total. The molecular weight excluding hydrogens is 604 g/mol. The smallest absolute Gasteiger partial charge is 0.301 e. The zero-order valence-corrected chi connectivity index (χ0v) is 27.5. The van der Waals surface area contributed by atoms with Crippen LogP contribution in [0.4, 0.5) is 5.13 Å². The quantitative estimate of drug-likeness (QED) is 0.102. The number of anilines is 1. The highest BCUT2D eigenvalue weighted by Gasteiger charge is 2.48. The summed E-state index contributed by atoms with van der Waals surface area (Å²) in [7, 11) is 0. The number of nitrogens with zero attached hydrogens (tertiary/aromatic N) is 2. The van der Waals surface area contributed by atoms with E-state index in [4.69, 9.17) is 23.9 Å². The van der Waals surface area contributed by atoms with E-state index >= 15 is 0 Å². The van der Waals surface area contributed by atoms with Gasteiger partial charge in [-0.1, -0.05) is 31.3 Å². The molecule has 3 heterocycles. The van der Waals surface area contributed by atoms with Crippen molar-refractivity contribution in [2.45, 2.75) is 59.6 Å². The number of aromatic nitrogens is 1. The summed E-state index contributed by atoms with van der Waals surface area (Å²) in [6.45, 7) is 11.5. The monoisotopic (exact) mass is 642 g/mol. The largest absolute Gasteiger partial charge is 0.507 e. The highest BCUT2D eigenvalue weighted by Crippen LogP contribution is 2.46. The fraction of sp³-hybridized carbons (Fsp3) is 0.361. The fourth-order valence-corrected chi connectivity index (χ4v) is 6.83. The van der Waals surface area contributed by atoms with E-state index in [0.29, 0.717) is 71.2 Å². The van der Waals surface area contributed by atoms with Gasteiger partial charge in [0.2, 0.25) is 0 Å². The van der Waals surface area contributed by atoms with Crippen LogP contribution >= 0.6 is 11.3 Å². The molecule has 0 aliphatic carbocycles. The van der Waals surface area contributed by atoms with Crippen molar-refractivity contribution < 1.29 is 33.6 Å². The SMILES string of the molecule is CCOc1ccc2nc(N3C(=O)C(=O)C(=C(O)c4ccc5c(c4)C[C@H](C)O5)[C@@H]3c3ccc(OCCC(C)C)c(OCC)c3)sc2c1. The number of rotatable bonds is 11. The van der Waals surface area contributed by atoms with Crippen LogP contribution in [0.3, 0.4) is 0 Å². The zero-order chi connectivity index (χ0) is 32.5. The number of hydrogen-bond acceptors (Lipinski definition) is 9. The van der Waals surface area contributed by atoms with Crippen molar-refractivity contribution in [1.29, 1.82) is 0 Å². The molecule has 4 aromatic rings. The van der Waals surface area contributed by atoms with E-state index < -0.39 is 17.7 Å². The number of hydrogen-bond donors (Lipinski definition) is 1. The molecule has 0 saturated carbocycles. The van der Waals surface area contributed by atoms with Crippen LogP contribution in [0, 0.1) is 5.92 Å². The summed E-state index contributed by atoms with van der Waals surface area (Å²) >= 11 is 1.28. The Labute approximate surface area is 272 Å². The van der Waals surface area contributed by atoms with Crippen LogP contribution in [0.25, 0.3) is 16.0 Å². The first-order valence-corrected chi connectivity index (χ1v) is 16.5. The first-order chi connectivity index (χ1) is 22.2. The molecule has 2 atom stereocenters. The predicted octanol–water partition coefficient (Wildman–Crippen LogP) is 7.47. The highest BCUT2D eigenvalue weighted by molar-refractivity contribution is 7.22. The lowest BCUT2D eigenvalue weighted by Crippen LogP contribution is -2.29. The van der Waals surface area contributed by atoms with Gasteiger partial charge >= 0.3 is 5.91 Å². The number of aliphatic hydroxyl groups excluding tert-OH is 1. The van der Waals surface area contributed by atoms with Gasteiger partial charge in [-0.2, -0.15) is 0 Å². The molecule has 0 radical (unpaired) electrons. The third-order valence-electron chi connectivity index (χ3n) is 8.02. The summed E-state index contributed by atoms with van der Waals surface area (Å²) in [6.07, 6.45) is 1.57. The van der Waals surface area contributed by atoms with Crippen molar-refractivity contribution in [3.8, 4) is 23.0 Å². The van der Waals surface area contributed by atoms with Gasteiger partial charge < -0.3 is 24.1 Å². The molecule has 240 valence electrons. The lowest BCUT2D eigenvalue weighted by Gasteiger charge is -2.24. The van der Waals surface area contributed by atoms with Crippen LogP contribution in [-0.2, 0) is 16.0 Å². The van der Waals surface area contributed by atoms with E-state index in [9.17, 15) is 14.7 Å². The molecule has 3 aromatic carbocycles. The molecular formula is C36H38N2O7S. The standard InChI is InChI=1S/C36H38N2O7S/c1-6-42-25-10-11-26-30(19-25)46-36(37-26)38-32(22-8-13-28(29(18-22)43-7-2)44-15-14-20(3)4)31(34(40)35(38)41)33(39)23-9-12-27-24(17-23)16-21(5)45-27/h8-13,17-21,32,39H,6-7,14-16H2,1-5H3/t21-,32-/m0/s1. The fourth-order valence-electron chi connectivity index (χ4n) is 5.81. The van der Waals surface area contributed by atoms with Crippen LogP contribution in [0.5, 0.6) is 23.0 Å². The van der Waals surface area contributed by atoms with Crippen LogP contribution in [0.2, 0.25) is 0 Å². The Balaban J connectivity index is 1.49. The van der Waals surface area contributed by atoms with Gasteiger partial charge in [0.25, 0.3) is 5.78 Å². The number of ether oxygens (including phenoxy) is 4. The maximum absolute atomic E-state index is 13.9. The number of ketones is 1. The average Bonchev–Trinajstić information content (AvgIpc) is 3.69. The van der Waals surface area contributed by atoms with E-state index in [0.717, 1.165) is 22.4 Å². The summed E-state index contributed by atoms with van der Waals surface area (Å²) in [5, 5.41) is 12.1. The number of Topliss-reactive ketones (excluding diaryl/α,β-unsaturated/α-hetero) is 1. The predicted molar refractivity (Wildman–Crippen MR) is 178 cm³/mol. The van der Waals surface area contributed by atoms with Crippen LogP contribution < -0.4 is 23.8 Å². The van der Waals surface area contributed by atoms with Gasteiger partial charge in [-0.25, -0.2) is 4.98 Å². The zero-order valence-electron chi connectivity index (χ0n) is 26.7. The number of fused-ring (bicyclic) bond motifs is 2. The van der Waals surface area contributed by atoms with E-state index in [1.165, 1.54) is 16.2 Å². The van der Waals surface area contributed by atoms with Crippen molar-refractivity contribution in [2.75, 3.05) is 24.7 Å². The first-order valence-electron chi connectivity index (χ1n) is 15.7. The summed E-state index contributed by atoms with van der Waals surface area (Å²) in [5.41, 5.74) is 2.58. The Kier molecular flexibility index (Phi) is 8.90. The molecule has 1 aromatic heterocycles. The third-order valence-corrected chi connectivity index (χ3v) is 9.03. The number of thiazole rings is 1. The molecule has 0 unspecified atom stereocenters. The van der Waals surface area contributed by atoms with Gasteiger partial charge in [-0.05, 0) is 92.8 Å². The Morgan fingerprint density at radius 3 is 2.59 bits per heavy atom. The van der Waals surface area contributed by atoms with E-state index in [-0.39, 0.29) is 17.4 Å². The molecule has 9 nitrogen and oxygen atoms in total. The minimum absolute atomic E-state index is 0.0125. The summed E-state index contributed by atoms with van der Waals surface area (Å²) < 4.78 is 24.4. The summed E-state index contributed by atoms with van der Waals surface area (Å²) in [5.74, 6) is 1.14. The number of carbonyl (C=O) groups excluding carboxylic acids is 2. The number of aliphatic hydroxyl groups is 1. The van der Waals surface area contributed by atoms with Crippen LogP contribution in [-0.4, -0.2) is 47.7 Å². The van der Waals surface area contributed by atoms with E-state index in [1.54, 1.807) is 24.3 Å². The number of amides is 1. The lowest BCUT2D eigenvalue weighted by atomic mass is 9.94. The second-order valence-electron chi connectivity index (χ2n) is 11.9. The molecule has 46 heavy (non-hydrogen) atoms. The van der Waals surface area contributed by atoms with E-state index in [1.807, 2.05) is 51.1 Å². The van der Waals surface area contributed by atoms with Gasteiger partial charge in [0.1, 0.15) is 23.4 Å². The Bertz CT molecular complexity index is 1830. The number of carbonyl (C=O) groups is 2. The van der Waals surface area contributed by atoms with Crippen molar-refractivity contribution in [3.05, 3.63) is 76.9 Å². The molecule has 10 heteroatoms. The second-order valence-corrected chi connectivity index (χ2v) is 12.9. The lowest BCUT2D eigenvalue weighted by molar-refractivity contribution is -0.132. The molecule has 0 spiro atoms. The normalized spacial score (nSPS) is 18.7. The van der Waals surface area contributed by atoms with Crippen molar-refractivity contribution in [1.82, 2.24) is 4.98 Å². The highest BCUT2D eigenvalue weighted by atomic mass is 32.1. The van der Waals surface area contributed by atoms with Crippen LogP contribution in [0.1, 0.15) is 63.8 Å². The Morgan fingerprint density at radius 2 is 1.83 bits per heavy atom. The molecule has 1 fully saturated rings. The minimum Gasteiger partial charge on any atom is -0.507 e. The van der Waals surface area contributed by atoms with Gasteiger partial charge in [0.15, 0.2) is 16.6 Å². The Morgan fingerprint density at radius 1 is 1.02 bits per heavy atom. The van der Waals surface area contributed by atoms with Gasteiger partial charge in [-0.15, -0.1) is 0 Å². The topological polar surface area (TPSA) is 107 Å². The molecule has 2 aliphatic heterocycles. The molecule has 0 bridgehead atoms. The molecule has 2 aliphatic rings. The second kappa shape index (κ2) is 13.0. The third kappa shape index (κ3) is 6.01. The summed E-state index contributed by atoms with van der Waals surface area (Å²) in [4.78, 5) is 33.9. The maximum Gasteiger partial charge on any atom is 0.301 e. The molecule has 1 saturated heterocycles. The van der Waals surface area contributed by atoms with Crippen molar-refractivity contribution >= 4 is 44.1 Å². The summed E-state index contributed by atoms with van der Waals surface area (Å²) in [6, 6.07) is 15.3.